The number of carbonyl (C=O) groups is 4. The van der Waals surface area contributed by atoms with Crippen LogP contribution in [0.2, 0.25) is 0 Å². The van der Waals surface area contributed by atoms with E-state index in [2.05, 4.69) is 20.7 Å². The van der Waals surface area contributed by atoms with E-state index in [1.807, 2.05) is 0 Å². The number of anilines is 2. The van der Waals surface area contributed by atoms with Gasteiger partial charge in [0.2, 0.25) is 0 Å². The van der Waals surface area contributed by atoms with Crippen molar-refractivity contribution in [3.8, 4) is 23.0 Å². The van der Waals surface area contributed by atoms with Gasteiger partial charge in [-0.25, -0.2) is 5.43 Å². The number of nitrogens with one attached hydrogen (secondary N) is 1. The third-order valence-electron chi connectivity index (χ3n) is 6.79. The fourth-order valence-corrected chi connectivity index (χ4v) is 4.26. The maximum absolute atomic E-state index is 11.9. The van der Waals surface area contributed by atoms with Crippen molar-refractivity contribution in [1.82, 2.24) is 5.43 Å². The predicted molar refractivity (Wildman–Crippen MR) is 267 cm³/mol. The van der Waals surface area contributed by atoms with E-state index in [4.69, 9.17) is 36.3 Å². The van der Waals surface area contributed by atoms with Gasteiger partial charge in [0.1, 0.15) is 11.5 Å². The Morgan fingerprint density at radius 2 is 0.878 bits per heavy atom. The molecule has 21 nitrogen and oxygen atoms in total. The van der Waals surface area contributed by atoms with Gasteiger partial charge in [0.05, 0.1) is 32.2 Å². The van der Waals surface area contributed by atoms with Crippen LogP contribution < -0.4 is 57.0 Å². The summed E-state index contributed by atoms with van der Waals surface area (Å²) in [5.74, 6) is -2.32. The molecule has 0 atom stereocenters. The van der Waals surface area contributed by atoms with Crippen LogP contribution >= 0.6 is 0 Å². The number of ketones is 3. The molecule has 0 aliphatic rings. The molecule has 0 bridgehead atoms. The Kier molecular flexibility index (Phi) is 54.2. The average Bonchev–Trinajstić information content (AvgIpc) is 3.28. The number of nitrogens with zero attached hydrogens (tertiary/aromatic N) is 3. The first-order chi connectivity index (χ1) is 33.9. The van der Waals surface area contributed by atoms with Crippen LogP contribution in [0.1, 0.15) is 89.4 Å². The molecule has 0 unspecified atom stereocenters. The molecule has 8 N–H and O–H groups in total. The molecule has 23 heteroatoms. The van der Waals surface area contributed by atoms with Gasteiger partial charge < -0.3 is 66.9 Å². The fourth-order valence-electron chi connectivity index (χ4n) is 4.26. The summed E-state index contributed by atoms with van der Waals surface area (Å²) in [4.78, 5) is 41.8. The number of aliphatic hydroxyl groups is 3. The Labute approximate surface area is 493 Å². The maximum Gasteiger partial charge on any atom is 3.00 e. The molecule has 0 aliphatic heterocycles. The van der Waals surface area contributed by atoms with Crippen LogP contribution in [0.15, 0.2) is 136 Å². The standard InChI is InChI=1S/2C15H15N3O3.3C5H8O2.3C2H6O.2Dy/c2*1-21-13-8-4-5-10(14(13)19)9-17-18-15(20)11-6-2-3-7-12(11)16;3*1-4(6)3-5(2)7;3*1-2-3;;/h2*2-9,19H,16H2,1H3,(H,18,20);3*3,6H,1-2H3;3*3H,2H2,1H3;;/q;;;;;;;;2*+3/p-6/b2*17-9+;3*4-3-;;;;;. The van der Waals surface area contributed by atoms with Gasteiger partial charge in [0, 0.05) is 42.7 Å². The number of amides is 1. The van der Waals surface area contributed by atoms with E-state index in [9.17, 15) is 49.8 Å². The molecule has 0 aromatic heterocycles. The van der Waals surface area contributed by atoms with E-state index >= 15 is 0 Å². The van der Waals surface area contributed by atoms with Crippen molar-refractivity contribution in [3.05, 3.63) is 143 Å². The van der Waals surface area contributed by atoms with Gasteiger partial charge in [-0.05, 0) is 101 Å². The second-order valence-electron chi connectivity index (χ2n) is 13.3. The first kappa shape index (κ1) is 79.4. The van der Waals surface area contributed by atoms with Crippen LogP contribution in [-0.4, -0.2) is 90.9 Å². The molecule has 410 valence electrons. The zero-order chi connectivity index (χ0) is 56.2. The van der Waals surface area contributed by atoms with Crippen molar-refractivity contribution in [2.24, 2.45) is 15.3 Å². The topological polar surface area (TPSA) is 387 Å². The Morgan fingerprint density at radius 1 is 0.554 bits per heavy atom. The summed E-state index contributed by atoms with van der Waals surface area (Å²) in [5.41, 5.74) is 15.5. The number of aliphatic hydroxyl groups excluding tert-OH is 3. The number of ether oxygens (including phenoxy) is 2. The number of rotatable bonds is 11. The third-order valence-corrected chi connectivity index (χ3v) is 6.79. The van der Waals surface area contributed by atoms with E-state index in [1.54, 1.807) is 106 Å². The van der Waals surface area contributed by atoms with Crippen molar-refractivity contribution in [3.63, 3.8) is 0 Å². The van der Waals surface area contributed by atoms with Gasteiger partial charge in [-0.1, -0.05) is 86.9 Å². The number of nitrogen functional groups attached to an aromatic ring is 2. The molecular formula is C51H66Dy2N6O15. The van der Waals surface area contributed by atoms with Crippen LogP contribution in [0.25, 0.3) is 0 Å². The summed E-state index contributed by atoms with van der Waals surface area (Å²) in [7, 11) is 2.82. The number of para-hydroxylation sites is 4. The van der Waals surface area contributed by atoms with Gasteiger partial charge in [-0.2, -0.15) is 15.3 Å². The van der Waals surface area contributed by atoms with Gasteiger partial charge in [-0.3, -0.25) is 19.2 Å². The van der Waals surface area contributed by atoms with Crippen molar-refractivity contribution in [1.29, 1.82) is 0 Å². The number of carbonyl (C=O) groups excluding carboxylic acids is 4. The Morgan fingerprint density at radius 3 is 1.18 bits per heavy atom. The molecular weight excluding hydrogens is 1260 g/mol. The number of allylic oxidation sites excluding steroid dienone is 6. The number of hydrogen-bond acceptors (Lipinski definition) is 20. The largest absolute Gasteiger partial charge is 3.00 e. The SMILES string of the molecule is CC(=O)/C=C(/C)[O-].CC(=O)/C=C(/C)[O-].CC(=O)/C=C(/C)[O-].CCO.CCO.CCO.COc1cccc(/C=N/N=C(\[O-])c2ccccc2N)c1[O-].COc1cccc(/C=N/NC(=O)c2ccccc2N)c1[O-].[Dy+3].[Dy+3]. The van der Waals surface area contributed by atoms with E-state index in [0.29, 0.717) is 22.5 Å². The van der Waals surface area contributed by atoms with E-state index in [0.717, 1.165) is 18.2 Å². The minimum atomic E-state index is -0.570. The van der Waals surface area contributed by atoms with E-state index in [1.165, 1.54) is 68.2 Å². The molecule has 0 heterocycles. The van der Waals surface area contributed by atoms with Crippen molar-refractivity contribution >= 4 is 53.0 Å². The van der Waals surface area contributed by atoms with Crippen molar-refractivity contribution in [2.75, 3.05) is 45.5 Å². The average molecular weight is 1330 g/mol. The molecule has 2 radical (unpaired) electrons. The third kappa shape index (κ3) is 43.6. The minimum Gasteiger partial charge on any atom is -0.876 e. The van der Waals surface area contributed by atoms with Gasteiger partial charge in [0.15, 0.2) is 17.3 Å². The first-order valence-electron chi connectivity index (χ1n) is 21.3. The second-order valence-corrected chi connectivity index (χ2v) is 13.3. The van der Waals surface area contributed by atoms with Crippen LogP contribution in [0, 0.1) is 76.3 Å². The number of hydrogen-bond donors (Lipinski definition) is 6. The molecule has 0 saturated carbocycles. The summed E-state index contributed by atoms with van der Waals surface area (Å²) in [5, 5.41) is 99.0. The minimum absolute atomic E-state index is 0. The quantitative estimate of drug-likeness (QED) is 0.0306. The molecule has 1 amide bonds. The van der Waals surface area contributed by atoms with E-state index < -0.39 is 11.8 Å². The van der Waals surface area contributed by atoms with Gasteiger partial charge in [-0.15, -0.1) is 17.3 Å². The molecule has 0 fully saturated rings. The zero-order valence-corrected chi connectivity index (χ0v) is 47.0. The van der Waals surface area contributed by atoms with Crippen molar-refractivity contribution < 1.29 is 151 Å². The van der Waals surface area contributed by atoms with E-state index in [-0.39, 0.29) is 165 Å². The summed E-state index contributed by atoms with van der Waals surface area (Å²) in [6, 6.07) is 22.8. The zero-order valence-electron chi connectivity index (χ0n) is 43.0. The Bertz CT molecular complexity index is 2330. The number of nitrogens with two attached hydrogens (primary N) is 2. The maximum atomic E-state index is 11.9. The van der Waals surface area contributed by atoms with Crippen LogP contribution in [0.4, 0.5) is 11.4 Å². The Balaban J connectivity index is -0.000000201. The van der Waals surface area contributed by atoms with Gasteiger partial charge >= 0.3 is 76.3 Å². The van der Waals surface area contributed by atoms with Crippen molar-refractivity contribution in [2.45, 2.75) is 62.3 Å². The smallest absolute Gasteiger partial charge is 0.876 e. The van der Waals surface area contributed by atoms with Crippen LogP contribution in [-0.2, 0) is 14.4 Å². The molecule has 4 aromatic carbocycles. The predicted octanol–water partition coefficient (Wildman–Crippen LogP) is 1.12. The molecule has 4 rings (SSSR count). The molecule has 0 saturated heterocycles. The summed E-state index contributed by atoms with van der Waals surface area (Å²) < 4.78 is 9.83. The van der Waals surface area contributed by atoms with Crippen LogP contribution in [0.3, 0.4) is 0 Å². The number of benzene rings is 4. The first-order valence-corrected chi connectivity index (χ1v) is 21.3. The molecule has 4 aromatic rings. The summed E-state index contributed by atoms with van der Waals surface area (Å²) in [6.07, 6.45) is 5.64. The molecule has 74 heavy (non-hydrogen) atoms. The summed E-state index contributed by atoms with van der Waals surface area (Å²) in [6.45, 7) is 13.9. The Hall–Kier alpha value is -5.98. The molecule has 0 spiro atoms. The number of hydrazone groups is 1. The monoisotopic (exact) mass is 1330 g/mol. The normalized spacial score (nSPS) is 10.3. The second kappa shape index (κ2) is 50.5. The number of methoxy groups -OCH3 is 2. The van der Waals surface area contributed by atoms with Gasteiger partial charge in [0.25, 0.3) is 5.91 Å². The van der Waals surface area contributed by atoms with Crippen LogP contribution in [0.5, 0.6) is 23.0 Å². The molecule has 0 aliphatic carbocycles. The summed E-state index contributed by atoms with van der Waals surface area (Å²) >= 11 is 0. The fraction of sp³-hybridized carbons (Fsp3) is 0.275.